The fraction of sp³-hybridized carbons (Fsp3) is 0.444. The van der Waals surface area contributed by atoms with Crippen molar-refractivity contribution in [3.05, 3.63) is 28.0 Å². The third-order valence-corrected chi connectivity index (χ3v) is 2.42. The third kappa shape index (κ3) is 1.93. The molecule has 0 saturated heterocycles. The number of aryl methyl sites for hydroxylation is 1. The van der Waals surface area contributed by atoms with Crippen LogP contribution in [0.15, 0.2) is 12.3 Å². The van der Waals surface area contributed by atoms with Crippen LogP contribution in [0.25, 0.3) is 0 Å². The van der Waals surface area contributed by atoms with Crippen molar-refractivity contribution < 1.29 is 0 Å². The average Bonchev–Trinajstić information content (AvgIpc) is 2.08. The zero-order valence-electron chi connectivity index (χ0n) is 7.42. The molecule has 66 valence electrons. The van der Waals surface area contributed by atoms with Crippen LogP contribution < -0.4 is 5.73 Å². The zero-order chi connectivity index (χ0) is 9.14. The SMILES string of the molecule is CC[C@@H](N)c1c[nH]c(=S)c(C)c1. The van der Waals surface area contributed by atoms with Gasteiger partial charge in [-0.3, -0.25) is 0 Å². The van der Waals surface area contributed by atoms with Crippen molar-refractivity contribution in [2.75, 3.05) is 0 Å². The highest BCUT2D eigenvalue weighted by molar-refractivity contribution is 7.71. The van der Waals surface area contributed by atoms with Crippen LogP contribution in [0.3, 0.4) is 0 Å². The first kappa shape index (κ1) is 9.42. The molecule has 0 fully saturated rings. The Morgan fingerprint density at radius 1 is 1.67 bits per heavy atom. The lowest BCUT2D eigenvalue weighted by Gasteiger charge is -2.09. The molecule has 3 heteroatoms. The van der Waals surface area contributed by atoms with E-state index in [2.05, 4.69) is 11.9 Å². The van der Waals surface area contributed by atoms with E-state index in [1.807, 2.05) is 19.2 Å². The van der Waals surface area contributed by atoms with Crippen LogP contribution in [-0.4, -0.2) is 4.98 Å². The Labute approximate surface area is 77.8 Å². The number of hydrogen-bond acceptors (Lipinski definition) is 2. The Kier molecular flexibility index (Phi) is 3.00. The first-order valence-corrected chi connectivity index (χ1v) is 4.50. The summed E-state index contributed by atoms with van der Waals surface area (Å²) in [5, 5.41) is 0. The van der Waals surface area contributed by atoms with Crippen molar-refractivity contribution in [3.63, 3.8) is 0 Å². The van der Waals surface area contributed by atoms with Crippen molar-refractivity contribution in [1.29, 1.82) is 0 Å². The van der Waals surface area contributed by atoms with Gasteiger partial charge >= 0.3 is 0 Å². The Morgan fingerprint density at radius 2 is 2.33 bits per heavy atom. The van der Waals surface area contributed by atoms with Gasteiger partial charge in [0.1, 0.15) is 4.64 Å². The van der Waals surface area contributed by atoms with Gasteiger partial charge in [0, 0.05) is 12.2 Å². The Balaban J connectivity index is 3.04. The fourth-order valence-electron chi connectivity index (χ4n) is 1.07. The molecular weight excluding hydrogens is 168 g/mol. The molecule has 0 radical (unpaired) electrons. The maximum absolute atomic E-state index is 5.86. The molecule has 0 saturated carbocycles. The third-order valence-electron chi connectivity index (χ3n) is 1.98. The predicted molar refractivity (Wildman–Crippen MR) is 53.6 cm³/mol. The molecule has 3 N–H and O–H groups in total. The van der Waals surface area contributed by atoms with Gasteiger partial charge in [0.2, 0.25) is 0 Å². The van der Waals surface area contributed by atoms with Crippen LogP contribution >= 0.6 is 12.2 Å². The van der Waals surface area contributed by atoms with E-state index in [0.29, 0.717) is 0 Å². The van der Waals surface area contributed by atoms with Crippen LogP contribution in [0.2, 0.25) is 0 Å². The van der Waals surface area contributed by atoms with E-state index in [1.165, 1.54) is 0 Å². The van der Waals surface area contributed by atoms with Crippen molar-refractivity contribution in [2.24, 2.45) is 5.73 Å². The maximum atomic E-state index is 5.86. The van der Waals surface area contributed by atoms with Crippen molar-refractivity contribution in [2.45, 2.75) is 26.3 Å². The normalized spacial score (nSPS) is 12.9. The van der Waals surface area contributed by atoms with Crippen molar-refractivity contribution in [1.82, 2.24) is 4.98 Å². The van der Waals surface area contributed by atoms with E-state index in [0.717, 1.165) is 22.2 Å². The largest absolute Gasteiger partial charge is 0.352 e. The predicted octanol–water partition coefficient (Wildman–Crippen LogP) is 2.46. The number of nitrogens with two attached hydrogens (primary N) is 1. The van der Waals surface area contributed by atoms with E-state index in [-0.39, 0.29) is 6.04 Å². The van der Waals surface area contributed by atoms with Crippen LogP contribution in [0.4, 0.5) is 0 Å². The number of aromatic nitrogens is 1. The van der Waals surface area contributed by atoms with Gasteiger partial charge in [-0.2, -0.15) is 0 Å². The molecule has 1 aromatic heterocycles. The zero-order valence-corrected chi connectivity index (χ0v) is 8.24. The van der Waals surface area contributed by atoms with Gasteiger partial charge in [0.15, 0.2) is 0 Å². The molecule has 0 aliphatic rings. The summed E-state index contributed by atoms with van der Waals surface area (Å²) in [5.74, 6) is 0. The fourth-order valence-corrected chi connectivity index (χ4v) is 1.19. The molecular formula is C9H14N2S. The molecule has 0 amide bonds. The summed E-state index contributed by atoms with van der Waals surface area (Å²) in [5.41, 5.74) is 8.08. The van der Waals surface area contributed by atoms with Gasteiger partial charge in [0.05, 0.1) is 0 Å². The summed E-state index contributed by atoms with van der Waals surface area (Å²) in [4.78, 5) is 3.02. The lowest BCUT2D eigenvalue weighted by molar-refractivity contribution is 0.694. The second-order valence-corrected chi connectivity index (χ2v) is 3.37. The molecule has 0 unspecified atom stereocenters. The molecule has 0 aromatic carbocycles. The second kappa shape index (κ2) is 3.83. The molecule has 1 aromatic rings. The number of pyridine rings is 1. The lowest BCUT2D eigenvalue weighted by Crippen LogP contribution is -2.09. The summed E-state index contributed by atoms with van der Waals surface area (Å²) in [6.07, 6.45) is 2.84. The van der Waals surface area contributed by atoms with Gasteiger partial charge in [-0.1, -0.05) is 25.2 Å². The smallest absolute Gasteiger partial charge is 0.106 e. The van der Waals surface area contributed by atoms with Gasteiger partial charge in [0.25, 0.3) is 0 Å². The number of H-pyrrole nitrogens is 1. The molecule has 0 aliphatic heterocycles. The van der Waals surface area contributed by atoms with Gasteiger partial charge in [-0.05, 0) is 24.5 Å². The standard InChI is InChI=1S/C9H14N2S/c1-3-8(10)7-4-6(2)9(12)11-5-7/h4-5,8H,3,10H2,1-2H3,(H,11,12)/t8-/m1/s1. The highest BCUT2D eigenvalue weighted by Crippen LogP contribution is 2.13. The summed E-state index contributed by atoms with van der Waals surface area (Å²) >= 11 is 5.04. The Bertz CT molecular complexity index is 317. The van der Waals surface area contributed by atoms with Crippen LogP contribution in [0.5, 0.6) is 0 Å². The summed E-state index contributed by atoms with van der Waals surface area (Å²) < 4.78 is 0.794. The van der Waals surface area contributed by atoms with E-state index in [4.69, 9.17) is 18.0 Å². The minimum atomic E-state index is 0.121. The van der Waals surface area contributed by atoms with E-state index in [9.17, 15) is 0 Å². The summed E-state index contributed by atoms with van der Waals surface area (Å²) in [7, 11) is 0. The highest BCUT2D eigenvalue weighted by Gasteiger charge is 2.02. The highest BCUT2D eigenvalue weighted by atomic mass is 32.1. The van der Waals surface area contributed by atoms with Gasteiger partial charge < -0.3 is 10.7 Å². The van der Waals surface area contributed by atoms with Gasteiger partial charge in [-0.25, -0.2) is 0 Å². The van der Waals surface area contributed by atoms with Crippen LogP contribution in [0.1, 0.15) is 30.5 Å². The molecule has 2 nitrogen and oxygen atoms in total. The Hall–Kier alpha value is -0.670. The lowest BCUT2D eigenvalue weighted by atomic mass is 10.1. The summed E-state index contributed by atoms with van der Waals surface area (Å²) in [6.45, 7) is 4.06. The molecule has 1 rings (SSSR count). The first-order valence-electron chi connectivity index (χ1n) is 4.10. The summed E-state index contributed by atoms with van der Waals surface area (Å²) in [6, 6.07) is 2.17. The number of aromatic amines is 1. The molecule has 1 heterocycles. The molecule has 0 aliphatic carbocycles. The topological polar surface area (TPSA) is 41.8 Å². The van der Waals surface area contributed by atoms with E-state index in [1.54, 1.807) is 0 Å². The molecule has 0 spiro atoms. The van der Waals surface area contributed by atoms with Crippen LogP contribution in [-0.2, 0) is 0 Å². The number of hydrogen-bond donors (Lipinski definition) is 2. The molecule has 0 bridgehead atoms. The number of rotatable bonds is 2. The van der Waals surface area contributed by atoms with E-state index < -0.39 is 0 Å². The maximum Gasteiger partial charge on any atom is 0.106 e. The minimum absolute atomic E-state index is 0.121. The molecule has 12 heavy (non-hydrogen) atoms. The van der Waals surface area contributed by atoms with Gasteiger partial charge in [-0.15, -0.1) is 0 Å². The minimum Gasteiger partial charge on any atom is -0.352 e. The second-order valence-electron chi connectivity index (χ2n) is 2.96. The number of nitrogens with one attached hydrogen (secondary N) is 1. The molecule has 1 atom stereocenters. The van der Waals surface area contributed by atoms with Crippen LogP contribution in [0, 0.1) is 11.6 Å². The average molecular weight is 182 g/mol. The monoisotopic (exact) mass is 182 g/mol. The first-order chi connectivity index (χ1) is 5.65. The van der Waals surface area contributed by atoms with Crippen molar-refractivity contribution >= 4 is 12.2 Å². The Morgan fingerprint density at radius 3 is 2.83 bits per heavy atom. The van der Waals surface area contributed by atoms with Crippen molar-refractivity contribution in [3.8, 4) is 0 Å². The quantitative estimate of drug-likeness (QED) is 0.690. The van der Waals surface area contributed by atoms with E-state index >= 15 is 0 Å².